The molecular formula is C27H30ClN3O4. The number of fused-ring (bicyclic) bond motifs is 1. The molecule has 7 nitrogen and oxygen atoms in total. The Morgan fingerprint density at radius 2 is 1.51 bits per heavy atom. The summed E-state index contributed by atoms with van der Waals surface area (Å²) < 4.78 is 6.08. The molecule has 8 heteroatoms. The Hall–Kier alpha value is -3.06. The predicted molar refractivity (Wildman–Crippen MR) is 134 cm³/mol. The first-order valence-electron chi connectivity index (χ1n) is 12.4. The molecule has 3 aliphatic heterocycles. The standard InChI is InChI=1S/C27H30ClN3O4/c28-21-12-10-19(11-13-21)25(32)30-16-6-7-20(17-30)26(33)31-18-24(27(34)29-14-4-1-5-15-29)35-23-9-3-2-8-22(23)31/h2-3,8-13,20,24H,1,4-7,14-18H2/t20-,24+/m0/s1. The first-order valence-corrected chi connectivity index (χ1v) is 12.8. The highest BCUT2D eigenvalue weighted by molar-refractivity contribution is 6.30. The van der Waals surface area contributed by atoms with Gasteiger partial charge in [-0.1, -0.05) is 23.7 Å². The van der Waals surface area contributed by atoms with E-state index in [-0.39, 0.29) is 30.2 Å². The van der Waals surface area contributed by atoms with Gasteiger partial charge in [-0.15, -0.1) is 0 Å². The summed E-state index contributed by atoms with van der Waals surface area (Å²) in [5.41, 5.74) is 1.24. The van der Waals surface area contributed by atoms with Crippen LogP contribution in [0.3, 0.4) is 0 Å². The van der Waals surface area contributed by atoms with Crippen molar-refractivity contribution in [3.63, 3.8) is 0 Å². The number of benzene rings is 2. The van der Waals surface area contributed by atoms with Crippen LogP contribution in [0.4, 0.5) is 5.69 Å². The average Bonchev–Trinajstić information content (AvgIpc) is 2.92. The van der Waals surface area contributed by atoms with Crippen molar-refractivity contribution < 1.29 is 19.1 Å². The van der Waals surface area contributed by atoms with E-state index >= 15 is 0 Å². The zero-order valence-electron chi connectivity index (χ0n) is 19.7. The number of anilines is 1. The third-order valence-corrected chi connectivity index (χ3v) is 7.38. The number of para-hydroxylation sites is 2. The number of hydrogen-bond donors (Lipinski definition) is 0. The summed E-state index contributed by atoms with van der Waals surface area (Å²) >= 11 is 5.97. The van der Waals surface area contributed by atoms with Gasteiger partial charge in [0, 0.05) is 36.8 Å². The molecule has 0 aromatic heterocycles. The van der Waals surface area contributed by atoms with Crippen LogP contribution in [-0.2, 0) is 9.59 Å². The normalized spacial score (nSPS) is 22.3. The molecule has 2 fully saturated rings. The van der Waals surface area contributed by atoms with Crippen LogP contribution in [0.1, 0.15) is 42.5 Å². The summed E-state index contributed by atoms with van der Waals surface area (Å²) in [7, 11) is 0. The van der Waals surface area contributed by atoms with Crippen molar-refractivity contribution in [1.82, 2.24) is 9.80 Å². The van der Waals surface area contributed by atoms with E-state index in [1.165, 1.54) is 0 Å². The van der Waals surface area contributed by atoms with Gasteiger partial charge in [-0.05, 0) is 68.5 Å². The van der Waals surface area contributed by atoms with E-state index in [0.717, 1.165) is 38.8 Å². The van der Waals surface area contributed by atoms with E-state index in [9.17, 15) is 14.4 Å². The lowest BCUT2D eigenvalue weighted by Crippen LogP contribution is -2.55. The van der Waals surface area contributed by atoms with Gasteiger partial charge >= 0.3 is 0 Å². The second-order valence-electron chi connectivity index (χ2n) is 9.51. The zero-order chi connectivity index (χ0) is 24.4. The summed E-state index contributed by atoms with van der Waals surface area (Å²) in [4.78, 5) is 45.4. The second kappa shape index (κ2) is 10.3. The van der Waals surface area contributed by atoms with Crippen molar-refractivity contribution in [3.05, 3.63) is 59.1 Å². The molecule has 184 valence electrons. The van der Waals surface area contributed by atoms with Crippen molar-refractivity contribution in [1.29, 1.82) is 0 Å². The minimum absolute atomic E-state index is 0.0554. The van der Waals surface area contributed by atoms with Gasteiger partial charge < -0.3 is 19.4 Å². The van der Waals surface area contributed by atoms with Crippen molar-refractivity contribution in [2.45, 2.75) is 38.2 Å². The summed E-state index contributed by atoms with van der Waals surface area (Å²) in [5.74, 6) is -0.00468. The molecule has 3 amide bonds. The third-order valence-electron chi connectivity index (χ3n) is 7.13. The highest BCUT2D eigenvalue weighted by Gasteiger charge is 2.39. The number of carbonyl (C=O) groups is 3. The summed E-state index contributed by atoms with van der Waals surface area (Å²) in [5, 5.41) is 0.577. The Bertz CT molecular complexity index is 1100. The van der Waals surface area contributed by atoms with Crippen molar-refractivity contribution in [2.24, 2.45) is 5.92 Å². The van der Waals surface area contributed by atoms with E-state index < -0.39 is 6.10 Å². The molecular weight excluding hydrogens is 466 g/mol. The van der Waals surface area contributed by atoms with Crippen molar-refractivity contribution in [2.75, 3.05) is 37.6 Å². The van der Waals surface area contributed by atoms with Gasteiger partial charge in [-0.2, -0.15) is 0 Å². The van der Waals surface area contributed by atoms with Crippen LogP contribution in [0.5, 0.6) is 5.75 Å². The molecule has 3 heterocycles. The van der Waals surface area contributed by atoms with Gasteiger partial charge in [-0.25, -0.2) is 0 Å². The second-order valence-corrected chi connectivity index (χ2v) is 9.94. The maximum Gasteiger partial charge on any atom is 0.265 e. The number of hydrogen-bond acceptors (Lipinski definition) is 4. The number of ether oxygens (including phenoxy) is 1. The van der Waals surface area contributed by atoms with Gasteiger partial charge in [0.1, 0.15) is 5.75 Å². The third kappa shape index (κ3) is 5.01. The maximum atomic E-state index is 13.8. The van der Waals surface area contributed by atoms with E-state index in [4.69, 9.17) is 16.3 Å². The first kappa shape index (κ1) is 23.7. The molecule has 0 aliphatic carbocycles. The summed E-state index contributed by atoms with van der Waals surface area (Å²) in [6.07, 6.45) is 3.86. The summed E-state index contributed by atoms with van der Waals surface area (Å²) in [6.45, 7) is 2.62. The molecule has 2 aromatic carbocycles. The number of carbonyl (C=O) groups excluding carboxylic acids is 3. The van der Waals surface area contributed by atoms with Crippen LogP contribution >= 0.6 is 11.6 Å². The molecule has 0 spiro atoms. The molecule has 3 aliphatic rings. The van der Waals surface area contributed by atoms with Gasteiger partial charge in [0.25, 0.3) is 11.8 Å². The minimum atomic E-state index is -0.720. The first-order chi connectivity index (χ1) is 17.0. The van der Waals surface area contributed by atoms with E-state index in [1.807, 2.05) is 29.2 Å². The highest BCUT2D eigenvalue weighted by atomic mass is 35.5. The Morgan fingerprint density at radius 3 is 2.29 bits per heavy atom. The molecule has 35 heavy (non-hydrogen) atoms. The highest BCUT2D eigenvalue weighted by Crippen LogP contribution is 2.35. The number of amides is 3. The Kier molecular flexibility index (Phi) is 6.95. The topological polar surface area (TPSA) is 70.2 Å². The smallest absolute Gasteiger partial charge is 0.265 e. The maximum absolute atomic E-state index is 13.8. The quantitative estimate of drug-likeness (QED) is 0.645. The van der Waals surface area contributed by atoms with Gasteiger partial charge in [0.2, 0.25) is 5.91 Å². The molecule has 0 bridgehead atoms. The Balaban J connectivity index is 1.33. The molecule has 2 saturated heterocycles. The van der Waals surface area contributed by atoms with E-state index in [0.29, 0.717) is 41.5 Å². The molecule has 5 rings (SSSR count). The number of halogens is 1. The van der Waals surface area contributed by atoms with Gasteiger partial charge in [-0.3, -0.25) is 14.4 Å². The SMILES string of the molecule is O=C(c1ccc(Cl)cc1)N1CCC[C@H](C(=O)N2C[C@H](C(=O)N3CCCCC3)Oc3ccccc32)C1. The number of likely N-dealkylation sites (tertiary alicyclic amines) is 2. The van der Waals surface area contributed by atoms with Crippen LogP contribution < -0.4 is 9.64 Å². The lowest BCUT2D eigenvalue weighted by atomic mass is 9.95. The van der Waals surface area contributed by atoms with Crippen molar-refractivity contribution in [3.8, 4) is 5.75 Å². The van der Waals surface area contributed by atoms with Crippen molar-refractivity contribution >= 4 is 35.0 Å². The van der Waals surface area contributed by atoms with Crippen LogP contribution in [0.15, 0.2) is 48.5 Å². The van der Waals surface area contributed by atoms with Gasteiger partial charge in [0.15, 0.2) is 6.10 Å². The van der Waals surface area contributed by atoms with Crippen LogP contribution in [-0.4, -0.2) is 66.3 Å². The number of nitrogens with zero attached hydrogens (tertiary/aromatic N) is 3. The fourth-order valence-corrected chi connectivity index (χ4v) is 5.37. The van der Waals surface area contributed by atoms with Crippen LogP contribution in [0, 0.1) is 5.92 Å². The number of rotatable bonds is 3. The Morgan fingerprint density at radius 1 is 0.800 bits per heavy atom. The van der Waals surface area contributed by atoms with Crippen LogP contribution in [0.2, 0.25) is 5.02 Å². The van der Waals surface area contributed by atoms with E-state index in [2.05, 4.69) is 0 Å². The monoisotopic (exact) mass is 495 g/mol. The summed E-state index contributed by atoms with van der Waals surface area (Å²) in [6, 6.07) is 14.2. The van der Waals surface area contributed by atoms with Crippen LogP contribution in [0.25, 0.3) is 0 Å². The molecule has 0 N–H and O–H groups in total. The van der Waals surface area contributed by atoms with E-state index in [1.54, 1.807) is 34.1 Å². The predicted octanol–water partition coefficient (Wildman–Crippen LogP) is 4.00. The fraction of sp³-hybridized carbons (Fsp3) is 0.444. The zero-order valence-corrected chi connectivity index (χ0v) is 20.5. The minimum Gasteiger partial charge on any atom is -0.476 e. The molecule has 0 saturated carbocycles. The van der Waals surface area contributed by atoms with Gasteiger partial charge in [0.05, 0.1) is 18.2 Å². The molecule has 2 aromatic rings. The largest absolute Gasteiger partial charge is 0.476 e. The molecule has 0 unspecified atom stereocenters. The number of piperidine rings is 2. The fourth-order valence-electron chi connectivity index (χ4n) is 5.25. The molecule has 2 atom stereocenters. The lowest BCUT2D eigenvalue weighted by Gasteiger charge is -2.40. The Labute approximate surface area is 210 Å². The lowest BCUT2D eigenvalue weighted by molar-refractivity contribution is -0.139. The average molecular weight is 496 g/mol. The molecule has 0 radical (unpaired) electrons.